The minimum absolute atomic E-state index is 0.190. The predicted octanol–water partition coefficient (Wildman–Crippen LogP) is 4.08. The molecular weight excluding hydrogens is 424 g/mol. The summed E-state index contributed by atoms with van der Waals surface area (Å²) in [5.74, 6) is 0.549. The molecule has 0 atom stereocenters. The molecule has 1 N–H and O–H groups in total. The summed E-state index contributed by atoms with van der Waals surface area (Å²) < 4.78 is 31.9. The summed E-state index contributed by atoms with van der Waals surface area (Å²) >= 11 is 0. The number of amides is 1. The highest BCUT2D eigenvalue weighted by atomic mass is 32.2. The Balaban J connectivity index is 1.62. The molecule has 0 saturated carbocycles. The van der Waals surface area contributed by atoms with Gasteiger partial charge in [0, 0.05) is 5.56 Å². The van der Waals surface area contributed by atoms with Crippen molar-refractivity contribution < 1.29 is 17.9 Å². The second kappa shape index (κ2) is 10.3. The Morgan fingerprint density at radius 3 is 2.28 bits per heavy atom. The molecule has 0 fully saturated rings. The lowest BCUT2D eigenvalue weighted by Gasteiger charge is -2.25. The number of aryl methyl sites for hydroxylation is 1. The van der Waals surface area contributed by atoms with E-state index in [0.29, 0.717) is 24.4 Å². The van der Waals surface area contributed by atoms with Crippen molar-refractivity contribution >= 4 is 21.6 Å². The van der Waals surface area contributed by atoms with Gasteiger partial charge in [0.15, 0.2) is 0 Å². The van der Waals surface area contributed by atoms with Gasteiger partial charge in [-0.05, 0) is 60.9 Å². The molecule has 0 bridgehead atoms. The van der Waals surface area contributed by atoms with E-state index in [9.17, 15) is 13.2 Å². The fraction of sp³-hybridized carbons (Fsp3) is 0.240. The predicted molar refractivity (Wildman–Crippen MR) is 128 cm³/mol. The highest BCUT2D eigenvalue weighted by Gasteiger charge is 2.20. The van der Waals surface area contributed by atoms with Gasteiger partial charge in [0.2, 0.25) is 10.0 Å². The molecular formula is C25H28N2O4S. The van der Waals surface area contributed by atoms with Crippen molar-refractivity contribution in [2.45, 2.75) is 20.4 Å². The van der Waals surface area contributed by atoms with E-state index in [1.54, 1.807) is 24.3 Å². The number of ether oxygens (including phenoxy) is 1. The van der Waals surface area contributed by atoms with E-state index in [1.165, 1.54) is 10.6 Å². The Hall–Kier alpha value is -3.32. The monoisotopic (exact) mass is 452 g/mol. The van der Waals surface area contributed by atoms with Crippen molar-refractivity contribution in [2.24, 2.45) is 0 Å². The van der Waals surface area contributed by atoms with Crippen LogP contribution in [-0.2, 0) is 16.6 Å². The van der Waals surface area contributed by atoms with E-state index in [4.69, 9.17) is 4.74 Å². The van der Waals surface area contributed by atoms with Crippen molar-refractivity contribution in [3.05, 3.63) is 95.1 Å². The molecule has 0 aliphatic rings. The Morgan fingerprint density at radius 2 is 1.62 bits per heavy atom. The first-order valence-electron chi connectivity index (χ1n) is 10.3. The maximum absolute atomic E-state index is 12.5. The summed E-state index contributed by atoms with van der Waals surface area (Å²) in [7, 11) is -3.48. The summed E-state index contributed by atoms with van der Waals surface area (Å²) in [5, 5.41) is 2.82. The van der Waals surface area contributed by atoms with Crippen molar-refractivity contribution in [1.29, 1.82) is 0 Å². The molecule has 1 amide bonds. The molecule has 32 heavy (non-hydrogen) atoms. The highest BCUT2D eigenvalue weighted by molar-refractivity contribution is 7.92. The van der Waals surface area contributed by atoms with Crippen LogP contribution in [0.3, 0.4) is 0 Å². The first kappa shape index (κ1) is 23.3. The van der Waals surface area contributed by atoms with Gasteiger partial charge in [-0.3, -0.25) is 9.10 Å². The van der Waals surface area contributed by atoms with Crippen molar-refractivity contribution in [3.8, 4) is 5.75 Å². The summed E-state index contributed by atoms with van der Waals surface area (Å²) in [6.45, 7) is 4.81. The number of nitrogens with one attached hydrogen (secondary N) is 1. The molecule has 0 radical (unpaired) electrons. The van der Waals surface area contributed by atoms with Crippen LogP contribution in [0.2, 0.25) is 0 Å². The van der Waals surface area contributed by atoms with Gasteiger partial charge in [0.1, 0.15) is 12.4 Å². The second-order valence-electron chi connectivity index (χ2n) is 7.60. The van der Waals surface area contributed by atoms with E-state index in [-0.39, 0.29) is 12.5 Å². The minimum atomic E-state index is -3.48. The first-order chi connectivity index (χ1) is 15.3. The van der Waals surface area contributed by atoms with Crippen LogP contribution in [0, 0.1) is 13.8 Å². The summed E-state index contributed by atoms with van der Waals surface area (Å²) in [6, 6.07) is 22.0. The Morgan fingerprint density at radius 1 is 0.938 bits per heavy atom. The van der Waals surface area contributed by atoms with Crippen molar-refractivity contribution in [3.63, 3.8) is 0 Å². The fourth-order valence-electron chi connectivity index (χ4n) is 3.27. The maximum atomic E-state index is 12.5. The number of hydrogen-bond donors (Lipinski definition) is 1. The van der Waals surface area contributed by atoms with Gasteiger partial charge in [-0.1, -0.05) is 42.5 Å². The molecule has 0 unspecified atom stereocenters. The SMILES string of the molecule is Cc1cccc(N(Cc2ccc(C(=O)NCCOc3ccccc3)cc2)S(C)(=O)=O)c1C. The number of para-hydroxylation sites is 1. The van der Waals surface area contributed by atoms with Gasteiger partial charge in [-0.2, -0.15) is 0 Å². The third kappa shape index (κ3) is 6.11. The Kier molecular flexibility index (Phi) is 7.53. The normalized spacial score (nSPS) is 11.1. The van der Waals surface area contributed by atoms with Crippen LogP contribution in [0.5, 0.6) is 5.75 Å². The van der Waals surface area contributed by atoms with Gasteiger partial charge in [0.05, 0.1) is 25.0 Å². The summed E-state index contributed by atoms with van der Waals surface area (Å²) in [6.07, 6.45) is 1.20. The lowest BCUT2D eigenvalue weighted by Crippen LogP contribution is -2.30. The van der Waals surface area contributed by atoms with E-state index in [2.05, 4.69) is 5.32 Å². The molecule has 3 aromatic rings. The third-order valence-electron chi connectivity index (χ3n) is 5.19. The smallest absolute Gasteiger partial charge is 0.251 e. The number of carbonyl (C=O) groups is 1. The Labute approximate surface area is 189 Å². The van der Waals surface area contributed by atoms with Gasteiger partial charge in [-0.15, -0.1) is 0 Å². The van der Waals surface area contributed by atoms with Crippen LogP contribution in [0.15, 0.2) is 72.8 Å². The molecule has 0 aromatic heterocycles. The van der Waals surface area contributed by atoms with E-state index >= 15 is 0 Å². The van der Waals surface area contributed by atoms with Crippen LogP contribution in [0.25, 0.3) is 0 Å². The molecule has 0 heterocycles. The van der Waals surface area contributed by atoms with Gasteiger partial charge >= 0.3 is 0 Å². The average Bonchev–Trinajstić information content (AvgIpc) is 2.77. The first-order valence-corrected chi connectivity index (χ1v) is 12.2. The van der Waals surface area contributed by atoms with Crippen LogP contribution in [0.1, 0.15) is 27.0 Å². The fourth-order valence-corrected chi connectivity index (χ4v) is 4.21. The summed E-state index contributed by atoms with van der Waals surface area (Å²) in [5.41, 5.74) is 3.91. The number of nitrogens with zero attached hydrogens (tertiary/aromatic N) is 1. The molecule has 0 saturated heterocycles. The van der Waals surface area contributed by atoms with E-state index < -0.39 is 10.0 Å². The molecule has 3 rings (SSSR count). The topological polar surface area (TPSA) is 75.7 Å². The zero-order chi connectivity index (χ0) is 23.1. The zero-order valence-electron chi connectivity index (χ0n) is 18.5. The number of rotatable bonds is 9. The minimum Gasteiger partial charge on any atom is -0.492 e. The molecule has 3 aromatic carbocycles. The maximum Gasteiger partial charge on any atom is 0.251 e. The van der Waals surface area contributed by atoms with E-state index in [0.717, 1.165) is 22.4 Å². The number of anilines is 1. The molecule has 0 spiro atoms. The number of benzene rings is 3. The van der Waals surface area contributed by atoms with Crippen molar-refractivity contribution in [1.82, 2.24) is 5.32 Å². The van der Waals surface area contributed by atoms with E-state index in [1.807, 2.05) is 62.4 Å². The molecule has 0 aliphatic carbocycles. The van der Waals surface area contributed by atoms with Crippen LogP contribution < -0.4 is 14.4 Å². The van der Waals surface area contributed by atoms with Gasteiger partial charge in [-0.25, -0.2) is 8.42 Å². The summed E-state index contributed by atoms with van der Waals surface area (Å²) in [4.78, 5) is 12.4. The average molecular weight is 453 g/mol. The highest BCUT2D eigenvalue weighted by Crippen LogP contribution is 2.26. The standard InChI is InChI=1S/C25H28N2O4S/c1-19-8-7-11-24(20(19)2)27(32(3,29)30)18-21-12-14-22(15-13-21)25(28)26-16-17-31-23-9-5-4-6-10-23/h4-15H,16-18H2,1-3H3,(H,26,28). The third-order valence-corrected chi connectivity index (χ3v) is 6.31. The van der Waals surface area contributed by atoms with Crippen molar-refractivity contribution in [2.75, 3.05) is 23.7 Å². The second-order valence-corrected chi connectivity index (χ2v) is 9.51. The van der Waals surface area contributed by atoms with Crippen LogP contribution >= 0.6 is 0 Å². The lowest BCUT2D eigenvalue weighted by atomic mass is 10.1. The molecule has 0 aliphatic heterocycles. The number of sulfonamides is 1. The lowest BCUT2D eigenvalue weighted by molar-refractivity contribution is 0.0947. The zero-order valence-corrected chi connectivity index (χ0v) is 19.4. The molecule has 168 valence electrons. The van der Waals surface area contributed by atoms with Crippen LogP contribution in [-0.4, -0.2) is 33.7 Å². The number of hydrogen-bond acceptors (Lipinski definition) is 4. The Bertz CT molecular complexity index is 1160. The number of carbonyl (C=O) groups excluding carboxylic acids is 1. The molecule has 7 heteroatoms. The van der Waals surface area contributed by atoms with Crippen LogP contribution in [0.4, 0.5) is 5.69 Å². The van der Waals surface area contributed by atoms with Gasteiger partial charge in [0.25, 0.3) is 5.91 Å². The quantitative estimate of drug-likeness (QED) is 0.497. The van der Waals surface area contributed by atoms with Gasteiger partial charge < -0.3 is 10.1 Å². The largest absolute Gasteiger partial charge is 0.492 e. The molecule has 6 nitrogen and oxygen atoms in total.